The van der Waals surface area contributed by atoms with Crippen LogP contribution in [0.3, 0.4) is 0 Å². The van der Waals surface area contributed by atoms with Crippen LogP contribution >= 0.6 is 11.6 Å². The molecule has 0 aromatic heterocycles. The summed E-state index contributed by atoms with van der Waals surface area (Å²) in [7, 11) is -0.165. The third-order valence-electron chi connectivity index (χ3n) is 3.06. The van der Waals surface area contributed by atoms with Gasteiger partial charge in [0.05, 0.1) is 0 Å². The fourth-order valence-corrected chi connectivity index (χ4v) is 2.79. The standard InChI is InChI=1S/C10H23ClN2O2S/c1-6-10(2,3)13(5)16(14,15)12(4)9-7-8-11/h6-9H2,1-5H3. The predicted molar refractivity (Wildman–Crippen MR) is 69.0 cm³/mol. The lowest BCUT2D eigenvalue weighted by Crippen LogP contribution is -2.50. The van der Waals surface area contributed by atoms with Gasteiger partial charge in [0.25, 0.3) is 10.2 Å². The van der Waals surface area contributed by atoms with Gasteiger partial charge in [0.15, 0.2) is 0 Å². The minimum Gasteiger partial charge on any atom is -0.195 e. The van der Waals surface area contributed by atoms with Crippen LogP contribution < -0.4 is 0 Å². The minimum atomic E-state index is -3.37. The van der Waals surface area contributed by atoms with Crippen molar-refractivity contribution in [3.05, 3.63) is 0 Å². The van der Waals surface area contributed by atoms with Crippen molar-refractivity contribution in [2.24, 2.45) is 0 Å². The van der Waals surface area contributed by atoms with Crippen LogP contribution in [0.5, 0.6) is 0 Å². The van der Waals surface area contributed by atoms with E-state index in [9.17, 15) is 8.42 Å². The molecular formula is C10H23ClN2O2S. The number of hydrogen-bond acceptors (Lipinski definition) is 2. The highest BCUT2D eigenvalue weighted by atomic mass is 35.5. The van der Waals surface area contributed by atoms with Gasteiger partial charge in [-0.25, -0.2) is 0 Å². The van der Waals surface area contributed by atoms with Crippen LogP contribution in [0.15, 0.2) is 0 Å². The molecule has 0 bridgehead atoms. The maximum Gasteiger partial charge on any atom is 0.281 e. The van der Waals surface area contributed by atoms with Gasteiger partial charge in [0.1, 0.15) is 0 Å². The molecule has 0 rings (SSSR count). The number of hydrogen-bond donors (Lipinski definition) is 0. The first kappa shape index (κ1) is 16.2. The lowest BCUT2D eigenvalue weighted by atomic mass is 10.0. The Morgan fingerprint density at radius 3 is 2.12 bits per heavy atom. The van der Waals surface area contributed by atoms with Crippen LogP contribution in [-0.4, -0.2) is 49.1 Å². The van der Waals surface area contributed by atoms with Crippen molar-refractivity contribution in [1.29, 1.82) is 0 Å². The van der Waals surface area contributed by atoms with Crippen LogP contribution in [0, 0.1) is 0 Å². The predicted octanol–water partition coefficient (Wildman–Crippen LogP) is 1.91. The van der Waals surface area contributed by atoms with E-state index in [1.54, 1.807) is 14.1 Å². The fraction of sp³-hybridized carbons (Fsp3) is 1.00. The van der Waals surface area contributed by atoms with Crippen LogP contribution in [0.4, 0.5) is 0 Å². The van der Waals surface area contributed by atoms with E-state index in [1.807, 2.05) is 20.8 Å². The summed E-state index contributed by atoms with van der Waals surface area (Å²) in [5.41, 5.74) is -0.367. The number of nitrogens with zero attached hydrogens (tertiary/aromatic N) is 2. The molecule has 0 N–H and O–H groups in total. The molecule has 0 saturated carbocycles. The Morgan fingerprint density at radius 2 is 1.75 bits per heavy atom. The number of alkyl halides is 1. The monoisotopic (exact) mass is 270 g/mol. The maximum atomic E-state index is 12.2. The molecular weight excluding hydrogens is 248 g/mol. The summed E-state index contributed by atoms with van der Waals surface area (Å²) < 4.78 is 27.1. The van der Waals surface area contributed by atoms with Gasteiger partial charge >= 0.3 is 0 Å². The Bertz CT molecular complexity index is 304. The zero-order valence-corrected chi connectivity index (χ0v) is 12.4. The van der Waals surface area contributed by atoms with E-state index in [0.717, 1.165) is 6.42 Å². The van der Waals surface area contributed by atoms with E-state index in [-0.39, 0.29) is 5.54 Å². The topological polar surface area (TPSA) is 40.6 Å². The SMILES string of the molecule is CCC(C)(C)N(C)S(=O)(=O)N(C)CCCCl. The molecule has 6 heteroatoms. The summed E-state index contributed by atoms with van der Waals surface area (Å²) in [5, 5.41) is 0. The number of rotatable bonds is 7. The van der Waals surface area contributed by atoms with Gasteiger partial charge in [0, 0.05) is 32.1 Å². The van der Waals surface area contributed by atoms with Crippen molar-refractivity contribution in [1.82, 2.24) is 8.61 Å². The number of halogens is 1. The molecule has 0 aliphatic rings. The van der Waals surface area contributed by atoms with Crippen molar-refractivity contribution in [2.45, 2.75) is 39.2 Å². The highest BCUT2D eigenvalue weighted by Crippen LogP contribution is 2.21. The van der Waals surface area contributed by atoms with Crippen LogP contribution in [-0.2, 0) is 10.2 Å². The van der Waals surface area contributed by atoms with Crippen molar-refractivity contribution in [3.8, 4) is 0 Å². The molecule has 0 aromatic rings. The third kappa shape index (κ3) is 3.87. The molecule has 0 spiro atoms. The molecule has 16 heavy (non-hydrogen) atoms. The first-order valence-corrected chi connectivity index (χ1v) is 7.39. The summed E-state index contributed by atoms with van der Waals surface area (Å²) in [6.07, 6.45) is 1.43. The molecule has 0 saturated heterocycles. The van der Waals surface area contributed by atoms with E-state index < -0.39 is 10.2 Å². The van der Waals surface area contributed by atoms with E-state index in [4.69, 9.17) is 11.6 Å². The first-order valence-electron chi connectivity index (χ1n) is 5.46. The second-order valence-corrected chi connectivity index (χ2v) is 6.95. The first-order chi connectivity index (χ1) is 7.20. The van der Waals surface area contributed by atoms with Crippen molar-refractivity contribution >= 4 is 21.8 Å². The van der Waals surface area contributed by atoms with Gasteiger partial charge in [-0.05, 0) is 26.7 Å². The van der Waals surface area contributed by atoms with E-state index in [2.05, 4.69) is 0 Å². The highest BCUT2D eigenvalue weighted by Gasteiger charge is 2.33. The molecule has 0 aliphatic heterocycles. The zero-order chi connectivity index (χ0) is 13.0. The smallest absolute Gasteiger partial charge is 0.195 e. The maximum absolute atomic E-state index is 12.2. The quantitative estimate of drug-likeness (QED) is 0.663. The molecule has 0 unspecified atom stereocenters. The fourth-order valence-electron chi connectivity index (χ4n) is 1.14. The van der Waals surface area contributed by atoms with Gasteiger partial charge < -0.3 is 0 Å². The molecule has 4 nitrogen and oxygen atoms in total. The largest absolute Gasteiger partial charge is 0.281 e. The summed E-state index contributed by atoms with van der Waals surface area (Å²) >= 11 is 5.56. The Morgan fingerprint density at radius 1 is 1.25 bits per heavy atom. The van der Waals surface area contributed by atoms with Gasteiger partial charge in [-0.15, -0.1) is 11.6 Å². The minimum absolute atomic E-state index is 0.367. The highest BCUT2D eigenvalue weighted by molar-refractivity contribution is 7.86. The summed E-state index contributed by atoms with van der Waals surface area (Å²) in [5.74, 6) is 0.473. The lowest BCUT2D eigenvalue weighted by Gasteiger charge is -2.36. The second kappa shape index (κ2) is 6.19. The molecule has 0 heterocycles. The average Bonchev–Trinajstić information content (AvgIpc) is 2.24. The molecule has 0 radical (unpaired) electrons. The van der Waals surface area contributed by atoms with Crippen molar-refractivity contribution in [3.63, 3.8) is 0 Å². The lowest BCUT2D eigenvalue weighted by molar-refractivity contribution is 0.240. The molecule has 0 atom stereocenters. The van der Waals surface area contributed by atoms with Crippen molar-refractivity contribution in [2.75, 3.05) is 26.5 Å². The second-order valence-electron chi connectivity index (χ2n) is 4.51. The van der Waals surface area contributed by atoms with Gasteiger partial charge in [-0.2, -0.15) is 17.0 Å². The Balaban J connectivity index is 4.78. The van der Waals surface area contributed by atoms with E-state index >= 15 is 0 Å². The van der Waals surface area contributed by atoms with Crippen LogP contribution in [0.1, 0.15) is 33.6 Å². The molecule has 0 fully saturated rings. The summed E-state index contributed by atoms with van der Waals surface area (Å²) in [6.45, 7) is 6.26. The molecule has 0 aliphatic carbocycles. The van der Waals surface area contributed by atoms with Gasteiger partial charge in [-0.1, -0.05) is 6.92 Å². The van der Waals surface area contributed by atoms with Crippen LogP contribution in [0.2, 0.25) is 0 Å². The molecule has 0 aromatic carbocycles. The zero-order valence-electron chi connectivity index (χ0n) is 10.8. The summed E-state index contributed by atoms with van der Waals surface area (Å²) in [6, 6.07) is 0. The Kier molecular flexibility index (Phi) is 6.25. The normalized spacial score (nSPS) is 13.8. The third-order valence-corrected chi connectivity index (χ3v) is 5.49. The van der Waals surface area contributed by atoms with Crippen molar-refractivity contribution < 1.29 is 8.42 Å². The molecule has 98 valence electrons. The van der Waals surface area contributed by atoms with Gasteiger partial charge in [-0.3, -0.25) is 0 Å². The average molecular weight is 271 g/mol. The van der Waals surface area contributed by atoms with E-state index in [1.165, 1.54) is 8.61 Å². The Labute approximate surface area is 105 Å². The molecule has 0 amide bonds. The Hall–Kier alpha value is 0.160. The van der Waals surface area contributed by atoms with Crippen LogP contribution in [0.25, 0.3) is 0 Å². The summed E-state index contributed by atoms with van der Waals surface area (Å²) in [4.78, 5) is 0. The van der Waals surface area contributed by atoms with Gasteiger partial charge in [0.2, 0.25) is 0 Å². The van der Waals surface area contributed by atoms with E-state index in [0.29, 0.717) is 18.8 Å².